The number of nitrogens with one attached hydrogen (secondary N) is 2. The first-order valence-electron chi connectivity index (χ1n) is 5.67. The van der Waals surface area contributed by atoms with Gasteiger partial charge in [-0.15, -0.1) is 0 Å². The van der Waals surface area contributed by atoms with Crippen molar-refractivity contribution in [3.8, 4) is 0 Å². The molecule has 0 spiro atoms. The number of halogens is 2. The lowest BCUT2D eigenvalue weighted by Crippen LogP contribution is -2.13. The smallest absolute Gasteiger partial charge is 0.168 e. The number of rotatable bonds is 4. The fourth-order valence-electron chi connectivity index (χ4n) is 1.52. The second-order valence-corrected chi connectivity index (χ2v) is 5.00. The van der Waals surface area contributed by atoms with Gasteiger partial charge in [0.15, 0.2) is 17.5 Å². The minimum absolute atomic E-state index is 0.0909. The van der Waals surface area contributed by atoms with Gasteiger partial charge in [-0.3, -0.25) is 5.10 Å². The van der Waals surface area contributed by atoms with Crippen LogP contribution in [0.2, 0.25) is 0 Å². The van der Waals surface area contributed by atoms with Gasteiger partial charge in [0.25, 0.3) is 0 Å². The van der Waals surface area contributed by atoms with Crippen molar-refractivity contribution in [3.63, 3.8) is 0 Å². The maximum absolute atomic E-state index is 13.6. The van der Waals surface area contributed by atoms with Crippen LogP contribution in [0.15, 0.2) is 34.1 Å². The molecule has 1 aliphatic rings. The normalized spacial score (nSPS) is 16.8. The fraction of sp³-hybridized carbons (Fsp3) is 0.333. The quantitative estimate of drug-likeness (QED) is 0.504. The number of anilines is 1. The Balaban J connectivity index is 2.14. The second-order valence-electron chi connectivity index (χ2n) is 4.08. The molecule has 96 valence electrons. The summed E-state index contributed by atoms with van der Waals surface area (Å²) in [7, 11) is 0. The fourth-order valence-corrected chi connectivity index (χ4v) is 1.70. The predicted octanol–water partition coefficient (Wildman–Crippen LogP) is 3.84. The van der Waals surface area contributed by atoms with Gasteiger partial charge in [0.05, 0.1) is 0 Å². The largest absolute Gasteiger partial charge is 0.321 e. The molecular weight excluding hydrogens is 299 g/mol. The monoisotopic (exact) mass is 312 g/mol. The minimum Gasteiger partial charge on any atom is -0.321 e. The van der Waals surface area contributed by atoms with Gasteiger partial charge in [-0.1, -0.05) is 6.58 Å². The molecule has 2 N–H and O–H groups in total. The molecule has 0 aromatic carbocycles. The summed E-state index contributed by atoms with van der Waals surface area (Å²) in [4.78, 5) is 3.94. The van der Waals surface area contributed by atoms with E-state index < -0.39 is 5.83 Å². The molecule has 0 bridgehead atoms. The van der Waals surface area contributed by atoms with Crippen molar-refractivity contribution < 1.29 is 4.39 Å². The molecule has 0 atom stereocenters. The number of nitrogens with zero attached hydrogens (tertiary/aromatic N) is 2. The Kier molecular flexibility index (Phi) is 3.96. The molecule has 1 fully saturated rings. The SMILES string of the molecule is C=C(Br)/N=C(Nc1cc(C2CC2)[nH]n1)\C(F)=C/C. The van der Waals surface area contributed by atoms with Crippen LogP contribution in [0.25, 0.3) is 0 Å². The summed E-state index contributed by atoms with van der Waals surface area (Å²) in [6, 6.07) is 1.88. The summed E-state index contributed by atoms with van der Waals surface area (Å²) in [5, 5.41) is 9.86. The van der Waals surface area contributed by atoms with E-state index in [-0.39, 0.29) is 5.84 Å². The number of amidine groups is 1. The van der Waals surface area contributed by atoms with Crippen LogP contribution < -0.4 is 5.32 Å². The lowest BCUT2D eigenvalue weighted by atomic mass is 10.3. The van der Waals surface area contributed by atoms with E-state index in [0.29, 0.717) is 16.3 Å². The van der Waals surface area contributed by atoms with E-state index in [9.17, 15) is 4.39 Å². The first-order valence-corrected chi connectivity index (χ1v) is 6.47. The van der Waals surface area contributed by atoms with E-state index in [2.05, 4.69) is 43.0 Å². The predicted molar refractivity (Wildman–Crippen MR) is 74.6 cm³/mol. The van der Waals surface area contributed by atoms with Crippen molar-refractivity contribution in [2.75, 3.05) is 5.32 Å². The van der Waals surface area contributed by atoms with Gasteiger partial charge in [0.2, 0.25) is 0 Å². The van der Waals surface area contributed by atoms with Gasteiger partial charge in [-0.25, -0.2) is 9.38 Å². The molecule has 18 heavy (non-hydrogen) atoms. The molecule has 0 radical (unpaired) electrons. The third-order valence-electron chi connectivity index (χ3n) is 2.57. The van der Waals surface area contributed by atoms with E-state index in [4.69, 9.17) is 0 Å². The van der Waals surface area contributed by atoms with Gasteiger partial charge in [-0.2, -0.15) is 5.10 Å². The maximum Gasteiger partial charge on any atom is 0.168 e. The molecule has 0 aliphatic heterocycles. The average molecular weight is 313 g/mol. The third-order valence-corrected chi connectivity index (χ3v) is 2.75. The number of allylic oxidation sites excluding steroid dienone is 1. The Morgan fingerprint density at radius 1 is 1.72 bits per heavy atom. The number of hydrogen-bond acceptors (Lipinski definition) is 2. The van der Waals surface area contributed by atoms with Crippen LogP contribution in [-0.4, -0.2) is 16.0 Å². The first kappa shape index (κ1) is 13.0. The molecule has 4 nitrogen and oxygen atoms in total. The number of hydrogen-bond donors (Lipinski definition) is 2. The third kappa shape index (κ3) is 3.29. The van der Waals surface area contributed by atoms with Crippen molar-refractivity contribution in [2.24, 2.45) is 4.99 Å². The van der Waals surface area contributed by atoms with Crippen LogP contribution in [0.3, 0.4) is 0 Å². The van der Waals surface area contributed by atoms with E-state index in [0.717, 1.165) is 5.69 Å². The highest BCUT2D eigenvalue weighted by Crippen LogP contribution is 2.39. The zero-order chi connectivity index (χ0) is 13.1. The first-order chi connectivity index (χ1) is 8.60. The highest BCUT2D eigenvalue weighted by Gasteiger charge is 2.25. The minimum atomic E-state index is -0.452. The highest BCUT2D eigenvalue weighted by molar-refractivity contribution is 9.11. The molecule has 0 amide bonds. The number of aromatic amines is 1. The van der Waals surface area contributed by atoms with Gasteiger partial charge in [0.1, 0.15) is 4.61 Å². The summed E-state index contributed by atoms with van der Waals surface area (Å²) in [5.41, 5.74) is 1.08. The van der Waals surface area contributed by atoms with Gasteiger partial charge >= 0.3 is 0 Å². The second kappa shape index (κ2) is 5.48. The van der Waals surface area contributed by atoms with Gasteiger partial charge < -0.3 is 5.32 Å². The summed E-state index contributed by atoms with van der Waals surface area (Å²) < 4.78 is 13.9. The van der Waals surface area contributed by atoms with Crippen LogP contribution in [0, 0.1) is 0 Å². The van der Waals surface area contributed by atoms with Crippen LogP contribution in [0.4, 0.5) is 10.2 Å². The Morgan fingerprint density at radius 2 is 2.44 bits per heavy atom. The van der Waals surface area contributed by atoms with Crippen molar-refractivity contribution in [1.29, 1.82) is 0 Å². The van der Waals surface area contributed by atoms with Crippen LogP contribution >= 0.6 is 15.9 Å². The Bertz CT molecular complexity index is 514. The lowest BCUT2D eigenvalue weighted by molar-refractivity contribution is 0.678. The zero-order valence-electron chi connectivity index (χ0n) is 10.0. The van der Waals surface area contributed by atoms with Gasteiger partial charge in [0, 0.05) is 17.7 Å². The van der Waals surface area contributed by atoms with Gasteiger partial charge in [-0.05, 0) is 41.8 Å². The van der Waals surface area contributed by atoms with Crippen LogP contribution in [0.5, 0.6) is 0 Å². The van der Waals surface area contributed by atoms with E-state index in [1.807, 2.05) is 6.07 Å². The van der Waals surface area contributed by atoms with E-state index in [1.165, 1.54) is 18.9 Å². The van der Waals surface area contributed by atoms with Crippen molar-refractivity contribution >= 4 is 27.6 Å². The summed E-state index contributed by atoms with van der Waals surface area (Å²) in [6.07, 6.45) is 3.70. The van der Waals surface area contributed by atoms with Crippen LogP contribution in [0.1, 0.15) is 31.4 Å². The van der Waals surface area contributed by atoms with Crippen molar-refractivity contribution in [1.82, 2.24) is 10.2 Å². The molecule has 6 heteroatoms. The average Bonchev–Trinajstić information content (AvgIpc) is 3.08. The van der Waals surface area contributed by atoms with E-state index in [1.54, 1.807) is 6.92 Å². The van der Waals surface area contributed by atoms with E-state index >= 15 is 0 Å². The molecule has 1 aromatic rings. The molecule has 1 heterocycles. The zero-order valence-corrected chi connectivity index (χ0v) is 11.6. The maximum atomic E-state index is 13.6. The summed E-state index contributed by atoms with van der Waals surface area (Å²) in [5.74, 6) is 0.771. The molecule has 1 saturated carbocycles. The van der Waals surface area contributed by atoms with Crippen LogP contribution in [-0.2, 0) is 0 Å². The molecule has 0 unspecified atom stereocenters. The topological polar surface area (TPSA) is 53.1 Å². The summed E-state index contributed by atoms with van der Waals surface area (Å²) in [6.45, 7) is 5.16. The Morgan fingerprint density at radius 3 is 3.00 bits per heavy atom. The Labute approximate surface area is 113 Å². The highest BCUT2D eigenvalue weighted by atomic mass is 79.9. The van der Waals surface area contributed by atoms with Crippen molar-refractivity contribution in [3.05, 3.63) is 34.8 Å². The molecule has 0 saturated heterocycles. The number of H-pyrrole nitrogens is 1. The lowest BCUT2D eigenvalue weighted by Gasteiger charge is -2.04. The molecular formula is C12H14BrFN4. The Hall–Kier alpha value is -1.43. The number of aromatic nitrogens is 2. The van der Waals surface area contributed by atoms with Crippen molar-refractivity contribution in [2.45, 2.75) is 25.7 Å². The summed E-state index contributed by atoms with van der Waals surface area (Å²) >= 11 is 3.08. The molecule has 1 aromatic heterocycles. The standard InChI is InChI=1S/C12H14BrFN4/c1-3-9(14)12(15-7(2)13)16-11-6-10(17-18-11)8-4-5-8/h3,6,8H,2,4-5H2,1H3,(H2,15,16,17,18)/b9-3+. The molecule has 1 aliphatic carbocycles. The number of aliphatic imine (C=N–C) groups is 1. The molecule has 2 rings (SSSR count).